The minimum Gasteiger partial charge on any atom is -0.481 e. The maximum Gasteiger partial charge on any atom is 0.307 e. The molecule has 2 aromatic rings. The third-order valence-electron chi connectivity index (χ3n) is 2.51. The Balaban J connectivity index is 2.46. The Kier molecular flexibility index (Phi) is 4.76. The zero-order valence-electron chi connectivity index (χ0n) is 9.83. The highest BCUT2D eigenvalue weighted by Gasteiger charge is 2.12. The van der Waals surface area contributed by atoms with E-state index in [9.17, 15) is 4.79 Å². The van der Waals surface area contributed by atoms with Gasteiger partial charge in [0.05, 0.1) is 32.2 Å². The van der Waals surface area contributed by atoms with Crippen LogP contribution in [-0.2, 0) is 11.2 Å². The lowest BCUT2D eigenvalue weighted by molar-refractivity contribution is -0.136. The maximum atomic E-state index is 10.6. The number of carboxylic acids is 1. The summed E-state index contributed by atoms with van der Waals surface area (Å²) in [5.41, 5.74) is 1.58. The Morgan fingerprint density at radius 1 is 1.05 bits per heavy atom. The Morgan fingerprint density at radius 3 is 2.15 bits per heavy atom. The van der Waals surface area contributed by atoms with Crippen molar-refractivity contribution in [3.05, 3.63) is 50.0 Å². The van der Waals surface area contributed by atoms with E-state index in [2.05, 4.69) is 4.98 Å². The van der Waals surface area contributed by atoms with Gasteiger partial charge in [-0.15, -0.1) is 0 Å². The Bertz CT molecular complexity index is 665. The van der Waals surface area contributed by atoms with Crippen LogP contribution in [0, 0.1) is 0 Å². The Morgan fingerprint density at radius 2 is 1.65 bits per heavy atom. The molecule has 0 aliphatic rings. The summed E-state index contributed by atoms with van der Waals surface area (Å²) in [4.78, 5) is 14.8. The largest absolute Gasteiger partial charge is 0.481 e. The second-order valence-corrected chi connectivity index (χ2v) is 5.60. The minimum atomic E-state index is -0.951. The summed E-state index contributed by atoms with van der Waals surface area (Å²) < 4.78 is 0. The predicted octanol–water partition coefficient (Wildman–Crippen LogP) is 4.99. The monoisotopic (exact) mass is 349 g/mol. The molecule has 1 aromatic carbocycles. The molecule has 0 spiro atoms. The van der Waals surface area contributed by atoms with Gasteiger partial charge < -0.3 is 5.11 Å². The van der Waals surface area contributed by atoms with Crippen LogP contribution in [0.1, 0.15) is 5.56 Å². The molecule has 0 bridgehead atoms. The van der Waals surface area contributed by atoms with Crippen molar-refractivity contribution in [1.82, 2.24) is 4.98 Å². The summed E-state index contributed by atoms with van der Waals surface area (Å²) in [7, 11) is 0. The molecule has 1 heterocycles. The van der Waals surface area contributed by atoms with Crippen molar-refractivity contribution >= 4 is 52.4 Å². The SMILES string of the molecule is O=C(O)Cc1cnc(-c2cc(Cl)c(Cl)c(Cl)c2)c(Cl)c1. The van der Waals surface area contributed by atoms with Gasteiger partial charge in [0.15, 0.2) is 0 Å². The van der Waals surface area contributed by atoms with Crippen molar-refractivity contribution in [3.8, 4) is 11.3 Å². The highest BCUT2D eigenvalue weighted by atomic mass is 35.5. The van der Waals surface area contributed by atoms with E-state index < -0.39 is 5.97 Å². The molecule has 0 fully saturated rings. The van der Waals surface area contributed by atoms with Gasteiger partial charge in [-0.2, -0.15) is 0 Å². The van der Waals surface area contributed by atoms with E-state index in [4.69, 9.17) is 51.5 Å². The Hall–Kier alpha value is -1.000. The van der Waals surface area contributed by atoms with E-state index in [1.54, 1.807) is 18.2 Å². The molecule has 0 atom stereocenters. The molecule has 0 amide bonds. The van der Waals surface area contributed by atoms with Gasteiger partial charge in [-0.25, -0.2) is 0 Å². The first-order chi connectivity index (χ1) is 9.38. The predicted molar refractivity (Wildman–Crippen MR) is 81.1 cm³/mol. The number of hydrogen-bond acceptors (Lipinski definition) is 2. The fraction of sp³-hybridized carbons (Fsp3) is 0.0769. The molecule has 1 aromatic heterocycles. The molecule has 0 unspecified atom stereocenters. The first-order valence-corrected chi connectivity index (χ1v) is 6.91. The average molecular weight is 351 g/mol. The molecular weight excluding hydrogens is 344 g/mol. The van der Waals surface area contributed by atoms with Gasteiger partial charge in [-0.3, -0.25) is 9.78 Å². The maximum absolute atomic E-state index is 10.6. The summed E-state index contributed by atoms with van der Waals surface area (Å²) in [6.07, 6.45) is 1.31. The fourth-order valence-corrected chi connectivity index (χ4v) is 2.55. The molecule has 3 nitrogen and oxygen atoms in total. The number of nitrogens with zero attached hydrogens (tertiary/aromatic N) is 1. The lowest BCUT2D eigenvalue weighted by Crippen LogP contribution is -2.01. The first kappa shape index (κ1) is 15.4. The topological polar surface area (TPSA) is 50.2 Å². The zero-order chi connectivity index (χ0) is 14.9. The summed E-state index contributed by atoms with van der Waals surface area (Å²) in [6.45, 7) is 0. The molecule has 0 radical (unpaired) electrons. The third-order valence-corrected chi connectivity index (χ3v) is 4.00. The standard InChI is InChI=1S/C13H7Cl4NO2/c14-8-3-7(4-9(15)12(8)17)13-10(16)1-6(5-18-13)2-11(19)20/h1,3-5H,2H2,(H,19,20). The van der Waals surface area contributed by atoms with Crippen molar-refractivity contribution in [2.75, 3.05) is 0 Å². The van der Waals surface area contributed by atoms with Crippen LogP contribution in [0.3, 0.4) is 0 Å². The fourth-order valence-electron chi connectivity index (χ4n) is 1.65. The van der Waals surface area contributed by atoms with Gasteiger partial charge in [0, 0.05) is 11.8 Å². The second-order valence-electron chi connectivity index (χ2n) is 4.00. The van der Waals surface area contributed by atoms with Crippen LogP contribution in [0.5, 0.6) is 0 Å². The second kappa shape index (κ2) is 6.19. The lowest BCUT2D eigenvalue weighted by atomic mass is 10.1. The number of halogens is 4. The van der Waals surface area contributed by atoms with Crippen molar-refractivity contribution < 1.29 is 9.90 Å². The molecular formula is C13H7Cl4NO2. The highest BCUT2D eigenvalue weighted by molar-refractivity contribution is 6.48. The molecule has 0 aliphatic carbocycles. The smallest absolute Gasteiger partial charge is 0.307 e. The third kappa shape index (κ3) is 3.36. The summed E-state index contributed by atoms with van der Waals surface area (Å²) in [5, 5.41) is 9.89. The quantitative estimate of drug-likeness (QED) is 0.793. The van der Waals surface area contributed by atoms with Gasteiger partial charge in [-0.1, -0.05) is 46.4 Å². The number of benzene rings is 1. The van der Waals surface area contributed by atoms with E-state index in [1.807, 2.05) is 0 Å². The molecule has 2 rings (SSSR count). The van der Waals surface area contributed by atoms with E-state index >= 15 is 0 Å². The van der Waals surface area contributed by atoms with E-state index in [-0.39, 0.29) is 11.4 Å². The van der Waals surface area contributed by atoms with Gasteiger partial charge in [-0.05, 0) is 23.8 Å². The number of carboxylic acid groups (broad SMARTS) is 1. The van der Waals surface area contributed by atoms with Crippen molar-refractivity contribution in [2.45, 2.75) is 6.42 Å². The molecule has 20 heavy (non-hydrogen) atoms. The van der Waals surface area contributed by atoms with Crippen LogP contribution >= 0.6 is 46.4 Å². The minimum absolute atomic E-state index is 0.144. The summed E-state index contributed by atoms with van der Waals surface area (Å²) >= 11 is 23.9. The van der Waals surface area contributed by atoms with Gasteiger partial charge in [0.2, 0.25) is 0 Å². The van der Waals surface area contributed by atoms with Crippen LogP contribution in [-0.4, -0.2) is 16.1 Å². The van der Waals surface area contributed by atoms with Crippen molar-refractivity contribution in [2.24, 2.45) is 0 Å². The number of pyridine rings is 1. The number of carbonyl (C=O) groups is 1. The number of aromatic nitrogens is 1. The number of hydrogen-bond donors (Lipinski definition) is 1. The zero-order valence-corrected chi connectivity index (χ0v) is 12.9. The molecule has 0 saturated heterocycles. The van der Waals surface area contributed by atoms with E-state index in [0.29, 0.717) is 31.9 Å². The van der Waals surface area contributed by atoms with Crippen LogP contribution in [0.4, 0.5) is 0 Å². The van der Waals surface area contributed by atoms with Gasteiger partial charge in [0.1, 0.15) is 0 Å². The van der Waals surface area contributed by atoms with Crippen LogP contribution < -0.4 is 0 Å². The Labute approximate surface area is 135 Å². The van der Waals surface area contributed by atoms with E-state index in [1.165, 1.54) is 6.20 Å². The molecule has 104 valence electrons. The summed E-state index contributed by atoms with van der Waals surface area (Å²) in [6, 6.07) is 4.75. The van der Waals surface area contributed by atoms with Crippen molar-refractivity contribution in [1.29, 1.82) is 0 Å². The lowest BCUT2D eigenvalue weighted by Gasteiger charge is -2.08. The average Bonchev–Trinajstić information content (AvgIpc) is 2.34. The molecule has 1 N–H and O–H groups in total. The number of rotatable bonds is 3. The van der Waals surface area contributed by atoms with Crippen LogP contribution in [0.2, 0.25) is 20.1 Å². The number of aliphatic carboxylic acids is 1. The van der Waals surface area contributed by atoms with Crippen molar-refractivity contribution in [3.63, 3.8) is 0 Å². The molecule has 7 heteroatoms. The van der Waals surface area contributed by atoms with Crippen LogP contribution in [0.25, 0.3) is 11.3 Å². The summed E-state index contributed by atoms with van der Waals surface area (Å²) in [5.74, 6) is -0.951. The highest BCUT2D eigenvalue weighted by Crippen LogP contribution is 2.36. The molecule has 0 aliphatic heterocycles. The van der Waals surface area contributed by atoms with Gasteiger partial charge in [0.25, 0.3) is 0 Å². The first-order valence-electron chi connectivity index (χ1n) is 5.39. The van der Waals surface area contributed by atoms with Gasteiger partial charge >= 0.3 is 5.97 Å². The normalized spacial score (nSPS) is 10.6. The van der Waals surface area contributed by atoms with Crippen LogP contribution in [0.15, 0.2) is 24.4 Å². The van der Waals surface area contributed by atoms with E-state index in [0.717, 1.165) is 0 Å². The molecule has 0 saturated carbocycles.